The Balaban J connectivity index is 2.86. The van der Waals surface area contributed by atoms with E-state index in [4.69, 9.17) is 10.5 Å². The van der Waals surface area contributed by atoms with E-state index in [2.05, 4.69) is 0 Å². The van der Waals surface area contributed by atoms with E-state index in [0.717, 1.165) is 6.42 Å². The van der Waals surface area contributed by atoms with Gasteiger partial charge in [-0.05, 0) is 31.9 Å². The first-order chi connectivity index (χ1) is 8.45. The fourth-order valence-corrected chi connectivity index (χ4v) is 1.70. The van der Waals surface area contributed by atoms with E-state index in [1.807, 2.05) is 39.8 Å². The van der Waals surface area contributed by atoms with E-state index in [1.54, 1.807) is 12.1 Å². The standard InChI is InChI=1S/C15H23NO2/c1-5-11(4)14(16)15(17)12-7-6-8-13(9-12)18-10(2)3/h6-11,14H,5,16H2,1-4H3. The molecule has 0 aliphatic carbocycles. The number of carbonyl (C=O) groups is 1. The predicted octanol–water partition coefficient (Wildman–Crippen LogP) is 3.03. The number of nitrogens with two attached hydrogens (primary N) is 1. The summed E-state index contributed by atoms with van der Waals surface area (Å²) in [7, 11) is 0. The quantitative estimate of drug-likeness (QED) is 0.788. The molecule has 0 fully saturated rings. The van der Waals surface area contributed by atoms with Crippen molar-refractivity contribution in [1.82, 2.24) is 0 Å². The Kier molecular flexibility index (Phi) is 5.35. The average molecular weight is 249 g/mol. The first-order valence-corrected chi connectivity index (χ1v) is 6.52. The fraction of sp³-hybridized carbons (Fsp3) is 0.533. The monoisotopic (exact) mass is 249 g/mol. The number of rotatable bonds is 6. The van der Waals surface area contributed by atoms with E-state index in [-0.39, 0.29) is 17.8 Å². The summed E-state index contributed by atoms with van der Waals surface area (Å²) in [5.74, 6) is 0.887. The zero-order valence-corrected chi connectivity index (χ0v) is 11.6. The largest absolute Gasteiger partial charge is 0.491 e. The van der Waals surface area contributed by atoms with E-state index >= 15 is 0 Å². The molecule has 0 amide bonds. The van der Waals surface area contributed by atoms with Gasteiger partial charge < -0.3 is 10.5 Å². The molecule has 3 heteroatoms. The van der Waals surface area contributed by atoms with Crippen molar-refractivity contribution in [2.24, 2.45) is 11.7 Å². The first-order valence-electron chi connectivity index (χ1n) is 6.52. The van der Waals surface area contributed by atoms with Crippen molar-refractivity contribution in [2.45, 2.75) is 46.3 Å². The van der Waals surface area contributed by atoms with Gasteiger partial charge in [0.2, 0.25) is 0 Å². The van der Waals surface area contributed by atoms with Gasteiger partial charge in [-0.25, -0.2) is 0 Å². The lowest BCUT2D eigenvalue weighted by Crippen LogP contribution is -2.36. The topological polar surface area (TPSA) is 52.3 Å². The van der Waals surface area contributed by atoms with Gasteiger partial charge in [0.05, 0.1) is 12.1 Å². The van der Waals surface area contributed by atoms with E-state index < -0.39 is 6.04 Å². The summed E-state index contributed by atoms with van der Waals surface area (Å²) < 4.78 is 5.58. The Bertz CT molecular complexity index is 401. The number of carbonyl (C=O) groups excluding carboxylic acids is 1. The molecule has 0 heterocycles. The van der Waals surface area contributed by atoms with Crippen LogP contribution in [0.15, 0.2) is 24.3 Å². The van der Waals surface area contributed by atoms with Crippen molar-refractivity contribution < 1.29 is 9.53 Å². The van der Waals surface area contributed by atoms with Crippen LogP contribution in [0.5, 0.6) is 5.75 Å². The van der Waals surface area contributed by atoms with Crippen molar-refractivity contribution in [2.75, 3.05) is 0 Å². The maximum Gasteiger partial charge on any atom is 0.179 e. The third-order valence-corrected chi connectivity index (χ3v) is 3.05. The highest BCUT2D eigenvalue weighted by molar-refractivity contribution is 6.00. The number of hydrogen-bond donors (Lipinski definition) is 1. The maximum atomic E-state index is 12.2. The second-order valence-corrected chi connectivity index (χ2v) is 4.97. The third-order valence-electron chi connectivity index (χ3n) is 3.05. The van der Waals surface area contributed by atoms with Gasteiger partial charge in [-0.2, -0.15) is 0 Å². The van der Waals surface area contributed by atoms with Gasteiger partial charge in [-0.3, -0.25) is 4.79 Å². The molecule has 0 spiro atoms. The summed E-state index contributed by atoms with van der Waals surface area (Å²) in [6, 6.07) is 6.80. The van der Waals surface area contributed by atoms with Crippen LogP contribution in [0.3, 0.4) is 0 Å². The summed E-state index contributed by atoms with van der Waals surface area (Å²) in [4.78, 5) is 12.2. The van der Waals surface area contributed by atoms with E-state index in [1.165, 1.54) is 0 Å². The Morgan fingerprint density at radius 2 is 2.00 bits per heavy atom. The molecule has 0 aromatic heterocycles. The highest BCUT2D eigenvalue weighted by atomic mass is 16.5. The van der Waals surface area contributed by atoms with Crippen LogP contribution in [0.4, 0.5) is 0 Å². The van der Waals surface area contributed by atoms with Gasteiger partial charge in [-0.15, -0.1) is 0 Å². The zero-order valence-electron chi connectivity index (χ0n) is 11.6. The number of benzene rings is 1. The van der Waals surface area contributed by atoms with Crippen LogP contribution in [0.1, 0.15) is 44.5 Å². The summed E-state index contributed by atoms with van der Waals surface area (Å²) >= 11 is 0. The van der Waals surface area contributed by atoms with Gasteiger partial charge in [0.1, 0.15) is 5.75 Å². The number of ketones is 1. The SMILES string of the molecule is CCC(C)C(N)C(=O)c1cccc(OC(C)C)c1. The molecular formula is C15H23NO2. The summed E-state index contributed by atoms with van der Waals surface area (Å²) in [5.41, 5.74) is 6.59. The van der Waals surface area contributed by atoms with Gasteiger partial charge in [0, 0.05) is 5.56 Å². The van der Waals surface area contributed by atoms with Crippen LogP contribution in [0.2, 0.25) is 0 Å². The highest BCUT2D eigenvalue weighted by Crippen LogP contribution is 2.18. The van der Waals surface area contributed by atoms with Crippen LogP contribution in [-0.4, -0.2) is 17.9 Å². The Hall–Kier alpha value is -1.35. The molecule has 1 rings (SSSR count). The van der Waals surface area contributed by atoms with Crippen LogP contribution >= 0.6 is 0 Å². The minimum absolute atomic E-state index is 0.0152. The molecule has 2 unspecified atom stereocenters. The Morgan fingerprint density at radius 3 is 2.56 bits per heavy atom. The van der Waals surface area contributed by atoms with Crippen LogP contribution < -0.4 is 10.5 Å². The molecule has 18 heavy (non-hydrogen) atoms. The van der Waals surface area contributed by atoms with Gasteiger partial charge in [0.15, 0.2) is 5.78 Å². The smallest absolute Gasteiger partial charge is 0.179 e. The van der Waals surface area contributed by atoms with Crippen LogP contribution in [0.25, 0.3) is 0 Å². The van der Waals surface area contributed by atoms with Crippen molar-refractivity contribution in [3.8, 4) is 5.75 Å². The number of hydrogen-bond acceptors (Lipinski definition) is 3. The lowest BCUT2D eigenvalue weighted by molar-refractivity contribution is 0.0934. The number of Topliss-reactive ketones (excluding diaryl/α,β-unsaturated/α-hetero) is 1. The molecule has 0 aliphatic heterocycles. The minimum atomic E-state index is -0.440. The molecule has 2 N–H and O–H groups in total. The van der Waals surface area contributed by atoms with E-state index in [9.17, 15) is 4.79 Å². The molecular weight excluding hydrogens is 226 g/mol. The molecule has 3 nitrogen and oxygen atoms in total. The molecule has 0 saturated carbocycles. The maximum absolute atomic E-state index is 12.2. The fourth-order valence-electron chi connectivity index (χ4n) is 1.70. The molecule has 1 aromatic carbocycles. The average Bonchev–Trinajstić information content (AvgIpc) is 2.35. The van der Waals surface area contributed by atoms with Crippen molar-refractivity contribution in [3.63, 3.8) is 0 Å². The molecule has 0 bridgehead atoms. The third kappa shape index (κ3) is 3.84. The molecule has 0 aliphatic rings. The zero-order chi connectivity index (χ0) is 13.7. The van der Waals surface area contributed by atoms with Gasteiger partial charge >= 0.3 is 0 Å². The lowest BCUT2D eigenvalue weighted by atomic mass is 9.92. The normalized spacial score (nSPS) is 14.3. The van der Waals surface area contributed by atoms with Gasteiger partial charge in [0.25, 0.3) is 0 Å². The van der Waals surface area contributed by atoms with Crippen LogP contribution in [0, 0.1) is 5.92 Å². The second-order valence-electron chi connectivity index (χ2n) is 4.97. The Labute approximate surface area is 109 Å². The van der Waals surface area contributed by atoms with Crippen molar-refractivity contribution in [1.29, 1.82) is 0 Å². The number of ether oxygens (including phenoxy) is 1. The molecule has 1 aromatic rings. The molecule has 0 radical (unpaired) electrons. The van der Waals surface area contributed by atoms with E-state index in [0.29, 0.717) is 11.3 Å². The van der Waals surface area contributed by atoms with Crippen molar-refractivity contribution >= 4 is 5.78 Å². The van der Waals surface area contributed by atoms with Crippen LogP contribution in [-0.2, 0) is 0 Å². The molecule has 100 valence electrons. The predicted molar refractivity (Wildman–Crippen MR) is 74.0 cm³/mol. The van der Waals surface area contributed by atoms with Gasteiger partial charge in [-0.1, -0.05) is 32.4 Å². The molecule has 0 saturated heterocycles. The first kappa shape index (κ1) is 14.7. The second kappa shape index (κ2) is 6.55. The summed E-state index contributed by atoms with van der Waals surface area (Å²) in [6.07, 6.45) is 0.994. The van der Waals surface area contributed by atoms with Crippen molar-refractivity contribution in [3.05, 3.63) is 29.8 Å². The Morgan fingerprint density at radius 1 is 1.33 bits per heavy atom. The lowest BCUT2D eigenvalue weighted by Gasteiger charge is -2.17. The summed E-state index contributed by atoms with van der Waals surface area (Å²) in [5, 5.41) is 0. The highest BCUT2D eigenvalue weighted by Gasteiger charge is 2.21. The summed E-state index contributed by atoms with van der Waals surface area (Å²) in [6.45, 7) is 7.95. The minimum Gasteiger partial charge on any atom is -0.491 e. The molecule has 2 atom stereocenters.